The highest BCUT2D eigenvalue weighted by Crippen LogP contribution is 2.32. The molecule has 13 heavy (non-hydrogen) atoms. The molecule has 0 unspecified atom stereocenters. The molecule has 1 fully saturated rings. The highest BCUT2D eigenvalue weighted by Gasteiger charge is 2.50. The highest BCUT2D eigenvalue weighted by molar-refractivity contribution is 5.12. The molecular formula is C10H22N2O. The lowest BCUT2D eigenvalue weighted by molar-refractivity contribution is 0.210. The second kappa shape index (κ2) is 2.94. The van der Waals surface area contributed by atoms with Crippen LogP contribution in [0.1, 0.15) is 41.0 Å². The van der Waals surface area contributed by atoms with Crippen molar-refractivity contribution in [3.8, 4) is 0 Å². The van der Waals surface area contributed by atoms with Crippen molar-refractivity contribution in [2.75, 3.05) is 6.61 Å². The number of hydrogen-bond acceptors (Lipinski definition) is 3. The van der Waals surface area contributed by atoms with Crippen LogP contribution in [0.5, 0.6) is 0 Å². The first-order chi connectivity index (χ1) is 5.72. The topological polar surface area (TPSA) is 44.3 Å². The van der Waals surface area contributed by atoms with E-state index in [-0.39, 0.29) is 23.3 Å². The Labute approximate surface area is 80.9 Å². The van der Waals surface area contributed by atoms with Crippen molar-refractivity contribution in [1.29, 1.82) is 0 Å². The number of aliphatic hydroxyl groups is 1. The van der Waals surface area contributed by atoms with Crippen LogP contribution in [0.4, 0.5) is 0 Å². The van der Waals surface area contributed by atoms with Crippen LogP contribution in [0.15, 0.2) is 0 Å². The van der Waals surface area contributed by atoms with Crippen LogP contribution < -0.4 is 10.6 Å². The fourth-order valence-corrected chi connectivity index (χ4v) is 2.07. The molecule has 1 aliphatic heterocycles. The van der Waals surface area contributed by atoms with Crippen molar-refractivity contribution in [2.24, 2.45) is 0 Å². The minimum absolute atomic E-state index is 0.0525. The molecule has 0 aromatic carbocycles. The Bertz CT molecular complexity index is 183. The molecule has 1 aliphatic rings. The molecule has 78 valence electrons. The maximum absolute atomic E-state index is 8.95. The zero-order valence-corrected chi connectivity index (χ0v) is 9.36. The maximum atomic E-state index is 8.95. The average Bonchev–Trinajstić information content (AvgIpc) is 1.96. The predicted octanol–water partition coefficient (Wildman–Crippen LogP) is 0.835. The van der Waals surface area contributed by atoms with Crippen LogP contribution in [-0.2, 0) is 0 Å². The summed E-state index contributed by atoms with van der Waals surface area (Å²) in [4.78, 5) is 0. The number of hydrogen-bond donors (Lipinski definition) is 3. The van der Waals surface area contributed by atoms with Gasteiger partial charge in [-0.3, -0.25) is 10.6 Å². The normalized spacial score (nSPS) is 29.1. The zero-order chi connectivity index (χ0) is 10.3. The number of rotatable bonds is 2. The van der Waals surface area contributed by atoms with Crippen molar-refractivity contribution in [3.05, 3.63) is 0 Å². The summed E-state index contributed by atoms with van der Waals surface area (Å²) < 4.78 is 0. The molecule has 0 aromatic heterocycles. The Hall–Kier alpha value is -0.120. The van der Waals surface area contributed by atoms with Gasteiger partial charge in [0, 0.05) is 24.1 Å². The zero-order valence-electron chi connectivity index (χ0n) is 9.36. The highest BCUT2D eigenvalue weighted by atomic mass is 16.3. The molecule has 0 aliphatic carbocycles. The Morgan fingerprint density at radius 3 is 1.62 bits per heavy atom. The van der Waals surface area contributed by atoms with E-state index in [1.54, 1.807) is 0 Å². The molecule has 0 amide bonds. The van der Waals surface area contributed by atoms with Crippen LogP contribution in [0.3, 0.4) is 0 Å². The first-order valence-corrected chi connectivity index (χ1v) is 4.92. The van der Waals surface area contributed by atoms with Crippen molar-refractivity contribution in [3.63, 3.8) is 0 Å². The van der Waals surface area contributed by atoms with Crippen LogP contribution in [0.25, 0.3) is 0 Å². The first kappa shape index (κ1) is 11.0. The van der Waals surface area contributed by atoms with Gasteiger partial charge in [0.25, 0.3) is 0 Å². The van der Waals surface area contributed by atoms with E-state index in [1.807, 2.05) is 0 Å². The van der Waals surface area contributed by atoms with E-state index < -0.39 is 0 Å². The monoisotopic (exact) mass is 186 g/mol. The van der Waals surface area contributed by atoms with Crippen LogP contribution >= 0.6 is 0 Å². The molecule has 1 saturated heterocycles. The molecule has 0 saturated carbocycles. The third-order valence-electron chi connectivity index (χ3n) is 3.35. The molecular weight excluding hydrogens is 164 g/mol. The van der Waals surface area contributed by atoms with Gasteiger partial charge in [0.15, 0.2) is 0 Å². The lowest BCUT2D eigenvalue weighted by atomic mass is 9.85. The van der Waals surface area contributed by atoms with E-state index in [4.69, 9.17) is 5.11 Å². The van der Waals surface area contributed by atoms with Gasteiger partial charge in [-0.05, 0) is 34.6 Å². The predicted molar refractivity (Wildman–Crippen MR) is 54.5 cm³/mol. The second-order valence-corrected chi connectivity index (χ2v) is 5.31. The fourth-order valence-electron chi connectivity index (χ4n) is 2.07. The van der Waals surface area contributed by atoms with E-state index >= 15 is 0 Å². The summed E-state index contributed by atoms with van der Waals surface area (Å²) >= 11 is 0. The minimum atomic E-state index is -0.137. The summed E-state index contributed by atoms with van der Waals surface area (Å²) in [5.41, 5.74) is -0.0322. The third-order valence-corrected chi connectivity index (χ3v) is 3.35. The molecule has 0 atom stereocenters. The Balaban J connectivity index is 2.80. The smallest absolute Gasteiger partial charge is 0.0689 e. The molecule has 1 rings (SSSR count). The van der Waals surface area contributed by atoms with Gasteiger partial charge < -0.3 is 5.11 Å². The first-order valence-electron chi connectivity index (χ1n) is 4.92. The Kier molecular flexibility index (Phi) is 2.48. The number of aliphatic hydroxyl groups excluding tert-OH is 1. The Morgan fingerprint density at radius 2 is 1.31 bits per heavy atom. The lowest BCUT2D eigenvalue weighted by Crippen LogP contribution is -2.51. The molecule has 1 heterocycles. The van der Waals surface area contributed by atoms with E-state index in [0.29, 0.717) is 0 Å². The standard InChI is InChI=1S/C10H22N2O/c1-8(2)9(3,4)12-10(5,11-8)6-7-13/h11-13H,6-7H2,1-5H3. The molecule has 3 N–H and O–H groups in total. The van der Waals surface area contributed by atoms with Crippen LogP contribution in [0.2, 0.25) is 0 Å². The average molecular weight is 186 g/mol. The van der Waals surface area contributed by atoms with Crippen molar-refractivity contribution in [2.45, 2.75) is 57.8 Å². The summed E-state index contributed by atoms with van der Waals surface area (Å²) in [6, 6.07) is 0. The SMILES string of the molecule is CC1(CCO)NC(C)(C)C(C)(C)N1. The summed E-state index contributed by atoms with van der Waals surface area (Å²) in [6.45, 7) is 11.0. The van der Waals surface area contributed by atoms with Crippen LogP contribution in [-0.4, -0.2) is 28.5 Å². The van der Waals surface area contributed by atoms with Gasteiger partial charge in [-0.2, -0.15) is 0 Å². The van der Waals surface area contributed by atoms with Gasteiger partial charge in [0.05, 0.1) is 5.66 Å². The van der Waals surface area contributed by atoms with Crippen molar-refractivity contribution in [1.82, 2.24) is 10.6 Å². The largest absolute Gasteiger partial charge is 0.396 e. The summed E-state index contributed by atoms with van der Waals surface area (Å²) in [7, 11) is 0. The van der Waals surface area contributed by atoms with E-state index in [9.17, 15) is 0 Å². The maximum Gasteiger partial charge on any atom is 0.0689 e. The van der Waals surface area contributed by atoms with E-state index in [2.05, 4.69) is 45.3 Å². The molecule has 0 bridgehead atoms. The quantitative estimate of drug-likeness (QED) is 0.598. The molecule has 0 aromatic rings. The third kappa shape index (κ3) is 1.87. The fraction of sp³-hybridized carbons (Fsp3) is 1.00. The van der Waals surface area contributed by atoms with Gasteiger partial charge in [-0.25, -0.2) is 0 Å². The number of nitrogens with one attached hydrogen (secondary N) is 2. The van der Waals surface area contributed by atoms with Crippen molar-refractivity contribution >= 4 is 0 Å². The molecule has 3 nitrogen and oxygen atoms in total. The van der Waals surface area contributed by atoms with Gasteiger partial charge >= 0.3 is 0 Å². The van der Waals surface area contributed by atoms with Gasteiger partial charge in [-0.1, -0.05) is 0 Å². The second-order valence-electron chi connectivity index (χ2n) is 5.31. The van der Waals surface area contributed by atoms with Gasteiger partial charge in [0.1, 0.15) is 0 Å². The Morgan fingerprint density at radius 1 is 0.923 bits per heavy atom. The molecule has 0 spiro atoms. The van der Waals surface area contributed by atoms with Gasteiger partial charge in [-0.15, -0.1) is 0 Å². The minimum Gasteiger partial charge on any atom is -0.396 e. The van der Waals surface area contributed by atoms with Gasteiger partial charge in [0.2, 0.25) is 0 Å². The summed E-state index contributed by atoms with van der Waals surface area (Å²) in [6.07, 6.45) is 0.736. The van der Waals surface area contributed by atoms with Crippen molar-refractivity contribution < 1.29 is 5.11 Å². The lowest BCUT2D eigenvalue weighted by Gasteiger charge is -2.33. The molecule has 0 radical (unpaired) electrons. The summed E-state index contributed by atoms with van der Waals surface area (Å²) in [5.74, 6) is 0. The molecule has 3 heteroatoms. The van der Waals surface area contributed by atoms with E-state index in [1.165, 1.54) is 0 Å². The summed E-state index contributed by atoms with van der Waals surface area (Å²) in [5, 5.41) is 16.0. The van der Waals surface area contributed by atoms with Crippen LogP contribution in [0, 0.1) is 0 Å². The van der Waals surface area contributed by atoms with E-state index in [0.717, 1.165) is 6.42 Å².